The van der Waals surface area contributed by atoms with Crippen LogP contribution in [0.5, 0.6) is 0 Å². The summed E-state index contributed by atoms with van der Waals surface area (Å²) >= 11 is 7.63. The molecule has 49 heavy (non-hydrogen) atoms. The van der Waals surface area contributed by atoms with Crippen molar-refractivity contribution >= 4 is 23.4 Å². The number of rotatable bonds is 18. The molecule has 0 amide bonds. The lowest BCUT2D eigenvalue weighted by Crippen LogP contribution is -2.54. The zero-order valence-corrected chi connectivity index (χ0v) is 40.2. The Kier molecular flexibility index (Phi) is 76.2. The molecular weight excluding hydrogens is 636 g/mol. The molecule has 1 aliphatic rings. The molecule has 0 spiro atoms. The average molecular weight is 743 g/mol. The molecule has 0 saturated carbocycles. The Balaban J connectivity index is -0.0000000845. The first-order chi connectivity index (χ1) is 23.0. The highest BCUT2D eigenvalue weighted by Crippen LogP contribution is 2.16. The third-order valence-corrected chi connectivity index (χ3v) is 7.89. The van der Waals surface area contributed by atoms with Crippen molar-refractivity contribution in [2.75, 3.05) is 51.3 Å². The van der Waals surface area contributed by atoms with Gasteiger partial charge in [-0.3, -0.25) is 0 Å². The topological polar surface area (TPSA) is 12.0 Å². The van der Waals surface area contributed by atoms with Crippen molar-refractivity contribution in [3.05, 3.63) is 0 Å². The summed E-state index contributed by atoms with van der Waals surface area (Å²) in [6, 6.07) is 0. The van der Waals surface area contributed by atoms with Gasteiger partial charge in [0.15, 0.2) is 0 Å². The zero-order valence-electron chi connectivity index (χ0n) is 38.7. The van der Waals surface area contributed by atoms with Gasteiger partial charge < -0.3 is 9.80 Å². The van der Waals surface area contributed by atoms with E-state index in [0.29, 0.717) is 10.8 Å². The zero-order chi connectivity index (χ0) is 39.8. The van der Waals surface area contributed by atoms with E-state index in [-0.39, 0.29) is 0 Å². The number of hydrogen-bond donors (Lipinski definition) is 1. The summed E-state index contributed by atoms with van der Waals surface area (Å²) in [5.74, 6) is 3.59. The second kappa shape index (κ2) is 57.9. The number of alkyl halides is 1. The summed E-state index contributed by atoms with van der Waals surface area (Å²) in [7, 11) is 2.35. The molecule has 0 bridgehead atoms. The molecule has 0 aromatic carbocycles. The molecule has 0 aromatic heterocycles. The van der Waals surface area contributed by atoms with Gasteiger partial charge in [-0.25, -0.2) is 0 Å². The van der Waals surface area contributed by atoms with Gasteiger partial charge in [0.05, 0.1) is 26.7 Å². The third kappa shape index (κ3) is 113. The lowest BCUT2D eigenvalue weighted by Gasteiger charge is -2.41. The highest BCUT2D eigenvalue weighted by molar-refractivity contribution is 7.99. The van der Waals surface area contributed by atoms with Crippen LogP contribution in [0.15, 0.2) is 0 Å². The number of nitrogens with one attached hydrogen (secondary N) is 1. The summed E-state index contributed by atoms with van der Waals surface area (Å²) in [4.78, 5) is 0. The molecule has 1 atom stereocenters. The van der Waals surface area contributed by atoms with Gasteiger partial charge in [0, 0.05) is 11.8 Å². The highest BCUT2D eigenvalue weighted by atomic mass is 35.5. The Hall–Kier alpha value is 0.560. The number of nitrogens with zero attached hydrogens (tertiary/aromatic N) is 1. The molecule has 4 heteroatoms. The first-order valence-corrected chi connectivity index (χ1v) is 23.3. The molecule has 1 heterocycles. The average Bonchev–Trinajstić information content (AvgIpc) is 2.98. The Morgan fingerprint density at radius 3 is 1.20 bits per heavy atom. The van der Waals surface area contributed by atoms with Crippen LogP contribution in [0.2, 0.25) is 0 Å². The summed E-state index contributed by atoms with van der Waals surface area (Å²) in [6.07, 6.45) is 21.3. The van der Waals surface area contributed by atoms with Crippen molar-refractivity contribution in [1.82, 2.24) is 5.32 Å². The van der Waals surface area contributed by atoms with E-state index in [2.05, 4.69) is 142 Å². The van der Waals surface area contributed by atoms with Crippen molar-refractivity contribution in [3.8, 4) is 0 Å². The number of hydrogen-bond acceptors (Lipinski definition) is 2. The van der Waals surface area contributed by atoms with Gasteiger partial charge in [0.2, 0.25) is 0 Å². The van der Waals surface area contributed by atoms with Gasteiger partial charge in [-0.2, -0.15) is 11.8 Å². The molecule has 1 unspecified atom stereocenters. The second-order valence-corrected chi connectivity index (χ2v) is 18.1. The maximum absolute atomic E-state index is 5.58. The number of quaternary nitrogens is 1. The lowest BCUT2D eigenvalue weighted by atomic mass is 10.0. The van der Waals surface area contributed by atoms with Crippen molar-refractivity contribution in [2.24, 2.45) is 11.3 Å². The summed E-state index contributed by atoms with van der Waals surface area (Å²) < 4.78 is 1.34. The van der Waals surface area contributed by atoms with Gasteiger partial charge >= 0.3 is 0 Å². The molecule has 1 N–H and O–H groups in total. The van der Waals surface area contributed by atoms with Crippen molar-refractivity contribution in [3.63, 3.8) is 0 Å². The number of thioether (sulfide) groups is 1. The summed E-state index contributed by atoms with van der Waals surface area (Å²) in [6.45, 7) is 46.0. The van der Waals surface area contributed by atoms with Gasteiger partial charge in [0.1, 0.15) is 0 Å². The molecule has 1 rings (SSSR count). The standard InChI is InChI=1S/C10H22.C7H16N.C6H15N.C6H14S.C5H11Cl.C5H12.2C3H8/c1-4-5-6-7-8-9-10(2)3;1-3-5-8(2)6-4-7-8;2*1-3-5-7-6-4-2;1-3-4-5(2)6;1-5(2,3)4;2*1-3-2/h10H,4-9H2,1-3H3;3-7H2,1-2H3;7H,3-6H2,1-2H3;3-6H2,1-2H3;5H,3-4H2,1-2H3;1-4H3;2*3H2,1-2H3/q;+1;;;;;;. The molecule has 1 fully saturated rings. The van der Waals surface area contributed by atoms with E-state index in [1.165, 1.54) is 145 Å². The summed E-state index contributed by atoms with van der Waals surface area (Å²) in [5.41, 5.74) is 0.500. The monoisotopic (exact) mass is 742 g/mol. The van der Waals surface area contributed by atoms with E-state index in [0.717, 1.165) is 12.3 Å². The first kappa shape index (κ1) is 64.5. The molecule has 2 nitrogen and oxygen atoms in total. The SMILES string of the molecule is CC(C)(C)C.CCC.CCC.CCCC(C)Cl.CCCCCCCC(C)C.CCCNCCC.CCCSCCC.CCC[N+]1(C)CCC1. The lowest BCUT2D eigenvalue weighted by molar-refractivity contribution is -0.946. The van der Waals surface area contributed by atoms with Crippen molar-refractivity contribution in [1.29, 1.82) is 0 Å². The Labute approximate surface area is 327 Å². The van der Waals surface area contributed by atoms with E-state index < -0.39 is 0 Å². The maximum Gasteiger partial charge on any atom is 0.0839 e. The van der Waals surface area contributed by atoms with Crippen LogP contribution in [-0.4, -0.2) is 61.1 Å². The molecule has 0 radical (unpaired) electrons. The fourth-order valence-corrected chi connectivity index (χ4v) is 4.88. The molecule has 308 valence electrons. The van der Waals surface area contributed by atoms with Gasteiger partial charge in [-0.05, 0) is 81.4 Å². The van der Waals surface area contributed by atoms with Crippen molar-refractivity contribution in [2.45, 2.75) is 233 Å². The first-order valence-electron chi connectivity index (χ1n) is 21.7. The number of unbranched alkanes of at least 4 members (excludes halogenated alkanes) is 4. The van der Waals surface area contributed by atoms with E-state index in [1.807, 2.05) is 6.92 Å². The normalized spacial score (nSPS) is 12.7. The smallest absolute Gasteiger partial charge is 0.0839 e. The van der Waals surface area contributed by atoms with E-state index >= 15 is 0 Å². The predicted molar refractivity (Wildman–Crippen MR) is 243 cm³/mol. The largest absolute Gasteiger partial charge is 0.326 e. The molecule has 1 saturated heterocycles. The molecule has 0 aliphatic carbocycles. The number of likely N-dealkylation sites (tertiary alicyclic amines) is 1. The highest BCUT2D eigenvalue weighted by Gasteiger charge is 2.28. The maximum atomic E-state index is 5.58. The second-order valence-electron chi connectivity index (χ2n) is 16.1. The molecule has 1 aliphatic heterocycles. The Morgan fingerprint density at radius 2 is 1.00 bits per heavy atom. The third-order valence-electron chi connectivity index (χ3n) is 6.28. The van der Waals surface area contributed by atoms with Crippen LogP contribution in [0.25, 0.3) is 0 Å². The van der Waals surface area contributed by atoms with Crippen LogP contribution in [0.1, 0.15) is 227 Å². The number of halogens is 1. The van der Waals surface area contributed by atoms with E-state index in [4.69, 9.17) is 11.6 Å². The quantitative estimate of drug-likeness (QED) is 0.0853. The minimum Gasteiger partial charge on any atom is -0.326 e. The van der Waals surface area contributed by atoms with Crippen LogP contribution in [0.4, 0.5) is 0 Å². The van der Waals surface area contributed by atoms with Crippen LogP contribution in [0.3, 0.4) is 0 Å². The Bertz CT molecular complexity index is 447. The van der Waals surface area contributed by atoms with E-state index in [9.17, 15) is 0 Å². The minimum absolute atomic E-state index is 0.370. The van der Waals surface area contributed by atoms with Gasteiger partial charge in [-0.15, -0.1) is 11.6 Å². The van der Waals surface area contributed by atoms with Crippen molar-refractivity contribution < 1.29 is 4.48 Å². The molecule has 0 aromatic rings. The van der Waals surface area contributed by atoms with E-state index in [1.54, 1.807) is 0 Å². The van der Waals surface area contributed by atoms with Gasteiger partial charge in [0.25, 0.3) is 0 Å². The molecular formula is C45H106ClN2S+. The fourth-order valence-electron chi connectivity index (χ4n) is 3.88. The predicted octanol–water partition coefficient (Wildman–Crippen LogP) is 16.5. The summed E-state index contributed by atoms with van der Waals surface area (Å²) in [5, 5.41) is 3.66. The van der Waals surface area contributed by atoms with Crippen LogP contribution >= 0.6 is 23.4 Å². The van der Waals surface area contributed by atoms with Crippen LogP contribution in [0, 0.1) is 11.3 Å². The van der Waals surface area contributed by atoms with Crippen LogP contribution in [-0.2, 0) is 0 Å². The van der Waals surface area contributed by atoms with Gasteiger partial charge in [-0.1, -0.05) is 175 Å². The van der Waals surface area contributed by atoms with Crippen LogP contribution < -0.4 is 5.32 Å². The minimum atomic E-state index is 0.370. The Morgan fingerprint density at radius 1 is 0.592 bits per heavy atom. The fraction of sp³-hybridized carbons (Fsp3) is 1.00.